The van der Waals surface area contributed by atoms with E-state index in [1.165, 1.54) is 0 Å². The van der Waals surface area contributed by atoms with Crippen molar-refractivity contribution in [3.63, 3.8) is 0 Å². The summed E-state index contributed by atoms with van der Waals surface area (Å²) in [5.41, 5.74) is 0. The molecule has 0 radical (unpaired) electrons. The fraction of sp³-hybridized carbons (Fsp3) is 0.733. The summed E-state index contributed by atoms with van der Waals surface area (Å²) in [5, 5.41) is 5.64. The predicted molar refractivity (Wildman–Crippen MR) is 83.0 cm³/mol. The van der Waals surface area contributed by atoms with Crippen molar-refractivity contribution in [2.24, 2.45) is 5.92 Å². The van der Waals surface area contributed by atoms with Crippen molar-refractivity contribution in [1.82, 2.24) is 10.6 Å². The van der Waals surface area contributed by atoms with Gasteiger partial charge in [-0.05, 0) is 31.8 Å². The van der Waals surface area contributed by atoms with Gasteiger partial charge in [0.15, 0.2) is 0 Å². The van der Waals surface area contributed by atoms with Crippen LogP contribution in [0.5, 0.6) is 0 Å². The van der Waals surface area contributed by atoms with Gasteiger partial charge in [-0.25, -0.2) is 0 Å². The molecular formula is C15H32N2O2. The van der Waals surface area contributed by atoms with Gasteiger partial charge < -0.3 is 10.6 Å². The lowest BCUT2D eigenvalue weighted by atomic mass is 10.1. The molecule has 0 saturated heterocycles. The van der Waals surface area contributed by atoms with E-state index in [0.29, 0.717) is 25.4 Å². The number of carbonyl (C=O) groups is 2. The molecule has 2 N–H and O–H groups in total. The van der Waals surface area contributed by atoms with Gasteiger partial charge in [-0.15, -0.1) is 0 Å². The Labute approximate surface area is 120 Å². The van der Waals surface area contributed by atoms with Crippen LogP contribution in [-0.2, 0) is 9.59 Å². The molecule has 0 rings (SSSR count). The molecule has 0 aliphatic rings. The van der Waals surface area contributed by atoms with Gasteiger partial charge in [0.25, 0.3) is 0 Å². The van der Waals surface area contributed by atoms with Gasteiger partial charge in [-0.1, -0.05) is 32.8 Å². The Kier molecular flexibility index (Phi) is 10.9. The standard InChI is InChI=1S/C15H28N2O2.2H2/c1-4-16-14(18)9-7-5-6-8-12-17-15(19)11-10-13(2)3;;/h10-11,13H,4-9,12H2,1-3H3,(H,16,18)(H,17,19);2*1H/b11-10+;;. The summed E-state index contributed by atoms with van der Waals surface area (Å²) < 4.78 is 0. The van der Waals surface area contributed by atoms with Crippen LogP contribution in [-0.4, -0.2) is 24.9 Å². The normalized spacial score (nSPS) is 10.9. The molecule has 0 saturated carbocycles. The highest BCUT2D eigenvalue weighted by Gasteiger charge is 1.99. The number of carbonyl (C=O) groups excluding carboxylic acids is 2. The zero-order valence-corrected chi connectivity index (χ0v) is 12.5. The number of nitrogens with one attached hydrogen (secondary N) is 2. The summed E-state index contributed by atoms with van der Waals surface area (Å²) >= 11 is 0. The summed E-state index contributed by atoms with van der Waals surface area (Å²) in [6.07, 6.45) is 8.07. The Bertz CT molecular complexity index is 295. The Morgan fingerprint density at radius 2 is 1.79 bits per heavy atom. The Morgan fingerprint density at radius 3 is 2.42 bits per heavy atom. The van der Waals surface area contributed by atoms with Crippen LogP contribution in [0.2, 0.25) is 0 Å². The SMILES string of the molecule is CCNC(=O)CCCCCCNC(=O)/C=C/C(C)C.[HH].[HH]. The van der Waals surface area contributed by atoms with Gasteiger partial charge in [0.1, 0.15) is 0 Å². The number of rotatable bonds is 10. The molecular weight excluding hydrogens is 240 g/mol. The average Bonchev–Trinajstić information content (AvgIpc) is 2.35. The van der Waals surface area contributed by atoms with E-state index in [-0.39, 0.29) is 14.7 Å². The highest BCUT2D eigenvalue weighted by atomic mass is 16.2. The third kappa shape index (κ3) is 12.9. The average molecular weight is 272 g/mol. The van der Waals surface area contributed by atoms with Crippen LogP contribution in [0.25, 0.3) is 0 Å². The van der Waals surface area contributed by atoms with Crippen molar-refractivity contribution in [3.05, 3.63) is 12.2 Å². The monoisotopic (exact) mass is 272 g/mol. The zero-order valence-electron chi connectivity index (χ0n) is 12.5. The molecule has 4 nitrogen and oxygen atoms in total. The van der Waals surface area contributed by atoms with Crippen LogP contribution in [0, 0.1) is 5.92 Å². The van der Waals surface area contributed by atoms with Crippen molar-refractivity contribution in [2.75, 3.05) is 13.1 Å². The third-order valence-electron chi connectivity index (χ3n) is 2.64. The maximum absolute atomic E-state index is 11.3. The van der Waals surface area contributed by atoms with E-state index in [9.17, 15) is 9.59 Å². The second-order valence-electron chi connectivity index (χ2n) is 5.01. The van der Waals surface area contributed by atoms with Crippen molar-refractivity contribution in [2.45, 2.75) is 52.9 Å². The van der Waals surface area contributed by atoms with Crippen molar-refractivity contribution in [3.8, 4) is 0 Å². The molecule has 0 aromatic heterocycles. The summed E-state index contributed by atoms with van der Waals surface area (Å²) in [6.45, 7) is 7.42. The first kappa shape index (κ1) is 17.7. The summed E-state index contributed by atoms with van der Waals surface area (Å²) in [4.78, 5) is 22.5. The largest absolute Gasteiger partial charge is 0.356 e. The third-order valence-corrected chi connectivity index (χ3v) is 2.64. The topological polar surface area (TPSA) is 58.2 Å². The Hall–Kier alpha value is -1.32. The van der Waals surface area contributed by atoms with Crippen LogP contribution in [0.1, 0.15) is 55.7 Å². The number of hydrogen-bond donors (Lipinski definition) is 2. The van der Waals surface area contributed by atoms with Crippen molar-refractivity contribution in [1.29, 1.82) is 0 Å². The van der Waals surface area contributed by atoms with E-state index < -0.39 is 0 Å². The predicted octanol–water partition coefficient (Wildman–Crippen LogP) is 2.89. The maximum atomic E-state index is 11.3. The first-order valence-corrected chi connectivity index (χ1v) is 7.29. The minimum atomic E-state index is -0.0176. The van der Waals surface area contributed by atoms with E-state index in [0.717, 1.165) is 25.7 Å². The molecule has 0 aromatic carbocycles. The van der Waals surface area contributed by atoms with E-state index in [2.05, 4.69) is 10.6 Å². The van der Waals surface area contributed by atoms with Gasteiger partial charge in [-0.2, -0.15) is 0 Å². The number of allylic oxidation sites excluding steroid dienone is 1. The molecule has 0 fully saturated rings. The second kappa shape index (κ2) is 11.8. The molecule has 0 heterocycles. The Balaban J connectivity index is -0.00000162. The molecule has 0 aliphatic heterocycles. The maximum Gasteiger partial charge on any atom is 0.243 e. The molecule has 0 aliphatic carbocycles. The minimum Gasteiger partial charge on any atom is -0.356 e. The van der Waals surface area contributed by atoms with Crippen LogP contribution in [0.15, 0.2) is 12.2 Å². The molecule has 0 atom stereocenters. The van der Waals surface area contributed by atoms with Gasteiger partial charge in [-0.3, -0.25) is 9.59 Å². The molecule has 2 amide bonds. The number of unbranched alkanes of at least 4 members (excludes halogenated alkanes) is 3. The van der Waals surface area contributed by atoms with Gasteiger partial charge in [0.05, 0.1) is 0 Å². The van der Waals surface area contributed by atoms with Gasteiger partial charge in [0, 0.05) is 22.4 Å². The molecule has 114 valence electrons. The fourth-order valence-corrected chi connectivity index (χ4v) is 1.60. The van der Waals surface area contributed by atoms with Crippen molar-refractivity contribution >= 4 is 11.8 Å². The molecule has 0 aromatic rings. The minimum absolute atomic E-state index is 0. The molecule has 0 bridgehead atoms. The second-order valence-corrected chi connectivity index (χ2v) is 5.01. The number of hydrogen-bond acceptors (Lipinski definition) is 2. The van der Waals surface area contributed by atoms with E-state index in [1.807, 2.05) is 26.8 Å². The van der Waals surface area contributed by atoms with Crippen molar-refractivity contribution < 1.29 is 12.4 Å². The molecule has 19 heavy (non-hydrogen) atoms. The first-order valence-electron chi connectivity index (χ1n) is 7.29. The highest BCUT2D eigenvalue weighted by molar-refractivity contribution is 5.87. The van der Waals surface area contributed by atoms with E-state index in [4.69, 9.17) is 0 Å². The van der Waals surface area contributed by atoms with E-state index >= 15 is 0 Å². The summed E-state index contributed by atoms with van der Waals surface area (Å²) in [6, 6.07) is 0. The molecule has 0 unspecified atom stereocenters. The quantitative estimate of drug-likeness (QED) is 0.474. The molecule has 0 spiro atoms. The van der Waals surface area contributed by atoms with E-state index in [1.54, 1.807) is 6.08 Å². The first-order chi connectivity index (χ1) is 9.06. The van der Waals surface area contributed by atoms with Gasteiger partial charge >= 0.3 is 0 Å². The zero-order chi connectivity index (χ0) is 14.5. The Morgan fingerprint density at radius 1 is 1.11 bits per heavy atom. The lowest BCUT2D eigenvalue weighted by molar-refractivity contribution is -0.121. The highest BCUT2D eigenvalue weighted by Crippen LogP contribution is 2.02. The molecule has 4 heteroatoms. The van der Waals surface area contributed by atoms with Crippen LogP contribution < -0.4 is 10.6 Å². The lowest BCUT2D eigenvalue weighted by Crippen LogP contribution is -2.22. The van der Waals surface area contributed by atoms with Crippen LogP contribution in [0.3, 0.4) is 0 Å². The fourth-order valence-electron chi connectivity index (χ4n) is 1.60. The summed E-state index contributed by atoms with van der Waals surface area (Å²) in [5.74, 6) is 0.519. The lowest BCUT2D eigenvalue weighted by Gasteiger charge is -2.03. The van der Waals surface area contributed by atoms with Crippen LogP contribution in [0.4, 0.5) is 0 Å². The number of amides is 2. The smallest absolute Gasteiger partial charge is 0.243 e. The van der Waals surface area contributed by atoms with Crippen LogP contribution >= 0.6 is 0 Å². The summed E-state index contributed by atoms with van der Waals surface area (Å²) in [7, 11) is 0. The van der Waals surface area contributed by atoms with Gasteiger partial charge in [0.2, 0.25) is 11.8 Å².